The molecule has 1 rings (SSSR count). The minimum Gasteiger partial charge on any atom is -0.382 e. The third-order valence-electron chi connectivity index (χ3n) is 3.44. The van der Waals surface area contributed by atoms with Gasteiger partial charge in [-0.05, 0) is 44.8 Å². The number of piperidine rings is 1. The molecule has 1 N–H and O–H groups in total. The highest BCUT2D eigenvalue weighted by Crippen LogP contribution is 2.11. The number of ether oxygens (including phenoxy) is 2. The Bertz CT molecular complexity index is 185. The van der Waals surface area contributed by atoms with Gasteiger partial charge < -0.3 is 19.7 Å². The predicted molar refractivity (Wildman–Crippen MR) is 75.0 cm³/mol. The summed E-state index contributed by atoms with van der Waals surface area (Å²) in [7, 11) is 1.71. The van der Waals surface area contributed by atoms with Gasteiger partial charge in [0.1, 0.15) is 0 Å². The number of nitrogens with zero attached hydrogens (tertiary/aromatic N) is 1. The molecule has 1 aliphatic heterocycles. The number of rotatable bonds is 10. The summed E-state index contributed by atoms with van der Waals surface area (Å²) in [5.74, 6) is 0.823. The van der Waals surface area contributed by atoms with Gasteiger partial charge >= 0.3 is 0 Å². The molecule has 0 radical (unpaired) electrons. The van der Waals surface area contributed by atoms with Crippen LogP contribution in [-0.2, 0) is 9.47 Å². The summed E-state index contributed by atoms with van der Waals surface area (Å²) in [4.78, 5) is 2.55. The van der Waals surface area contributed by atoms with E-state index < -0.39 is 0 Å². The molecule has 0 saturated carbocycles. The summed E-state index contributed by atoms with van der Waals surface area (Å²) >= 11 is 0. The fraction of sp³-hybridized carbons (Fsp3) is 1.00. The van der Waals surface area contributed by atoms with E-state index in [4.69, 9.17) is 9.47 Å². The van der Waals surface area contributed by atoms with Crippen LogP contribution in [0.25, 0.3) is 0 Å². The Labute approximate surface area is 112 Å². The molecule has 0 bridgehead atoms. The molecule has 18 heavy (non-hydrogen) atoms. The highest BCUT2D eigenvalue weighted by molar-refractivity contribution is 4.72. The number of hydrogen-bond acceptors (Lipinski definition) is 4. The van der Waals surface area contributed by atoms with E-state index >= 15 is 0 Å². The van der Waals surface area contributed by atoms with Gasteiger partial charge in [0.05, 0.1) is 19.8 Å². The van der Waals surface area contributed by atoms with Crippen LogP contribution in [0.15, 0.2) is 0 Å². The van der Waals surface area contributed by atoms with E-state index in [1.165, 1.54) is 45.4 Å². The van der Waals surface area contributed by atoms with E-state index in [1.807, 2.05) is 0 Å². The first-order chi connectivity index (χ1) is 8.86. The fourth-order valence-corrected chi connectivity index (χ4v) is 2.49. The summed E-state index contributed by atoms with van der Waals surface area (Å²) in [6.07, 6.45) is 3.92. The van der Waals surface area contributed by atoms with Crippen molar-refractivity contribution in [3.63, 3.8) is 0 Å². The molecular weight excluding hydrogens is 228 g/mol. The summed E-state index contributed by atoms with van der Waals surface area (Å²) in [5, 5.41) is 3.49. The number of methoxy groups -OCH3 is 1. The van der Waals surface area contributed by atoms with Crippen LogP contribution < -0.4 is 5.32 Å². The highest BCUT2D eigenvalue weighted by atomic mass is 16.5. The first-order valence-electron chi connectivity index (χ1n) is 7.36. The van der Waals surface area contributed by atoms with E-state index in [9.17, 15) is 0 Å². The third-order valence-corrected chi connectivity index (χ3v) is 3.44. The Kier molecular flexibility index (Phi) is 9.48. The Morgan fingerprint density at radius 2 is 2.11 bits per heavy atom. The minimum atomic E-state index is 0.695. The predicted octanol–water partition coefficient (Wildman–Crippen LogP) is 1.36. The fourth-order valence-electron chi connectivity index (χ4n) is 2.49. The van der Waals surface area contributed by atoms with Crippen molar-refractivity contribution < 1.29 is 9.47 Å². The summed E-state index contributed by atoms with van der Waals surface area (Å²) in [6.45, 7) is 10.3. The molecular formula is C14H30N2O2. The van der Waals surface area contributed by atoms with Gasteiger partial charge in [-0.2, -0.15) is 0 Å². The lowest BCUT2D eigenvalue weighted by molar-refractivity contribution is 0.0538. The van der Waals surface area contributed by atoms with Crippen LogP contribution in [0.4, 0.5) is 0 Å². The molecule has 0 aromatic rings. The maximum atomic E-state index is 5.56. The summed E-state index contributed by atoms with van der Waals surface area (Å²) in [6, 6.07) is 0. The van der Waals surface area contributed by atoms with Crippen LogP contribution in [0, 0.1) is 5.92 Å². The molecule has 0 aromatic heterocycles. The molecule has 1 saturated heterocycles. The molecule has 1 atom stereocenters. The highest BCUT2D eigenvalue weighted by Gasteiger charge is 2.16. The Balaban J connectivity index is 2.12. The first-order valence-corrected chi connectivity index (χ1v) is 7.36. The lowest BCUT2D eigenvalue weighted by Gasteiger charge is -2.29. The molecule has 1 heterocycles. The molecule has 1 unspecified atom stereocenters. The van der Waals surface area contributed by atoms with Gasteiger partial charge in [-0.25, -0.2) is 0 Å². The zero-order valence-electron chi connectivity index (χ0n) is 12.1. The largest absolute Gasteiger partial charge is 0.382 e. The quantitative estimate of drug-likeness (QED) is 0.600. The van der Waals surface area contributed by atoms with Gasteiger partial charge in [0.25, 0.3) is 0 Å². The van der Waals surface area contributed by atoms with Crippen LogP contribution in [0.3, 0.4) is 0 Å². The molecule has 1 aliphatic rings. The molecule has 1 fully saturated rings. The maximum absolute atomic E-state index is 5.56. The van der Waals surface area contributed by atoms with Crippen molar-refractivity contribution >= 4 is 0 Å². The topological polar surface area (TPSA) is 33.7 Å². The lowest BCUT2D eigenvalue weighted by atomic mass is 9.99. The monoisotopic (exact) mass is 258 g/mol. The zero-order valence-corrected chi connectivity index (χ0v) is 12.1. The van der Waals surface area contributed by atoms with E-state index in [1.54, 1.807) is 7.11 Å². The third kappa shape index (κ3) is 7.31. The second-order valence-electron chi connectivity index (χ2n) is 5.12. The van der Waals surface area contributed by atoms with Gasteiger partial charge in [-0.15, -0.1) is 0 Å². The molecule has 4 nitrogen and oxygen atoms in total. The molecule has 0 spiro atoms. The van der Waals surface area contributed by atoms with Crippen LogP contribution in [0.1, 0.15) is 26.2 Å². The van der Waals surface area contributed by atoms with Gasteiger partial charge in [0.15, 0.2) is 0 Å². The summed E-state index contributed by atoms with van der Waals surface area (Å²) in [5.41, 5.74) is 0. The van der Waals surface area contributed by atoms with Crippen molar-refractivity contribution in [1.82, 2.24) is 10.2 Å². The number of hydrogen-bond donors (Lipinski definition) is 1. The SMILES string of the molecule is CCCN(CCOCCOC)CC1CCCNC1. The van der Waals surface area contributed by atoms with Crippen molar-refractivity contribution in [3.05, 3.63) is 0 Å². The van der Waals surface area contributed by atoms with Crippen molar-refractivity contribution in [1.29, 1.82) is 0 Å². The molecule has 0 amide bonds. The molecule has 4 heteroatoms. The second-order valence-corrected chi connectivity index (χ2v) is 5.12. The van der Waals surface area contributed by atoms with E-state index in [0.29, 0.717) is 13.2 Å². The standard InChI is InChI=1S/C14H30N2O2/c1-3-7-16(8-9-18-11-10-17-2)13-14-5-4-6-15-12-14/h14-15H,3-13H2,1-2H3. The molecule has 0 aromatic carbocycles. The Hall–Kier alpha value is -0.160. The van der Waals surface area contributed by atoms with Crippen molar-refractivity contribution in [2.45, 2.75) is 26.2 Å². The van der Waals surface area contributed by atoms with Crippen LogP contribution in [0.5, 0.6) is 0 Å². The first kappa shape index (κ1) is 15.9. The van der Waals surface area contributed by atoms with Crippen molar-refractivity contribution in [3.8, 4) is 0 Å². The maximum Gasteiger partial charge on any atom is 0.0700 e. The van der Waals surface area contributed by atoms with E-state index in [0.717, 1.165) is 19.1 Å². The van der Waals surface area contributed by atoms with Crippen molar-refractivity contribution in [2.75, 3.05) is 59.7 Å². The lowest BCUT2D eigenvalue weighted by Crippen LogP contribution is -2.39. The average Bonchev–Trinajstić information content (AvgIpc) is 2.40. The smallest absolute Gasteiger partial charge is 0.0700 e. The normalized spacial score (nSPS) is 20.5. The Morgan fingerprint density at radius 1 is 1.22 bits per heavy atom. The second kappa shape index (κ2) is 10.7. The van der Waals surface area contributed by atoms with Crippen LogP contribution in [-0.4, -0.2) is 64.6 Å². The molecule has 0 aliphatic carbocycles. The van der Waals surface area contributed by atoms with Gasteiger partial charge in [-0.1, -0.05) is 6.92 Å². The van der Waals surface area contributed by atoms with Crippen LogP contribution >= 0.6 is 0 Å². The average molecular weight is 258 g/mol. The summed E-state index contributed by atoms with van der Waals surface area (Å²) < 4.78 is 10.5. The van der Waals surface area contributed by atoms with Gasteiger partial charge in [-0.3, -0.25) is 0 Å². The van der Waals surface area contributed by atoms with E-state index in [-0.39, 0.29) is 0 Å². The van der Waals surface area contributed by atoms with Crippen LogP contribution in [0.2, 0.25) is 0 Å². The van der Waals surface area contributed by atoms with Crippen molar-refractivity contribution in [2.24, 2.45) is 5.92 Å². The minimum absolute atomic E-state index is 0.695. The van der Waals surface area contributed by atoms with Gasteiger partial charge in [0.2, 0.25) is 0 Å². The Morgan fingerprint density at radius 3 is 2.78 bits per heavy atom. The van der Waals surface area contributed by atoms with E-state index in [2.05, 4.69) is 17.1 Å². The zero-order chi connectivity index (χ0) is 13.1. The molecule has 108 valence electrons. The van der Waals surface area contributed by atoms with Gasteiger partial charge in [0, 0.05) is 20.2 Å². The number of nitrogens with one attached hydrogen (secondary N) is 1.